The van der Waals surface area contributed by atoms with Crippen molar-refractivity contribution in [1.29, 1.82) is 0 Å². The second kappa shape index (κ2) is 6.97. The molecule has 1 aliphatic rings. The summed E-state index contributed by atoms with van der Waals surface area (Å²) in [4.78, 5) is 17.1. The first-order valence-electron chi connectivity index (χ1n) is 9.72. The van der Waals surface area contributed by atoms with Crippen LogP contribution >= 0.6 is 0 Å². The highest BCUT2D eigenvalue weighted by molar-refractivity contribution is 6.06. The lowest BCUT2D eigenvalue weighted by atomic mass is 9.81. The second-order valence-electron chi connectivity index (χ2n) is 7.92. The van der Waals surface area contributed by atoms with Crippen molar-refractivity contribution in [3.8, 4) is 5.75 Å². The largest absolute Gasteiger partial charge is 0.492 e. The Morgan fingerprint density at radius 3 is 2.78 bits per heavy atom. The van der Waals surface area contributed by atoms with Crippen molar-refractivity contribution in [3.63, 3.8) is 0 Å². The number of rotatable bonds is 5. The lowest BCUT2D eigenvalue weighted by Gasteiger charge is -2.28. The highest BCUT2D eigenvalue weighted by Crippen LogP contribution is 2.32. The fraction of sp³-hybridized carbons (Fsp3) is 0.455. The van der Waals surface area contributed by atoms with E-state index in [1.165, 1.54) is 19.3 Å². The Labute approximate surface area is 159 Å². The van der Waals surface area contributed by atoms with Gasteiger partial charge in [-0.2, -0.15) is 0 Å². The van der Waals surface area contributed by atoms with Crippen LogP contribution < -0.4 is 16.0 Å². The topological polar surface area (TPSA) is 70.1 Å². The van der Waals surface area contributed by atoms with Gasteiger partial charge in [0.15, 0.2) is 0 Å². The Kier molecular flexibility index (Phi) is 4.64. The van der Waals surface area contributed by atoms with E-state index < -0.39 is 0 Å². The number of benzene rings is 1. The zero-order chi connectivity index (χ0) is 19.1. The van der Waals surface area contributed by atoms with E-state index in [0.29, 0.717) is 12.0 Å². The predicted octanol–water partition coefficient (Wildman–Crippen LogP) is 3.60. The molecule has 0 amide bonds. The fourth-order valence-electron chi connectivity index (χ4n) is 4.09. The second-order valence-corrected chi connectivity index (χ2v) is 7.92. The number of ether oxygens (including phenoxy) is 1. The summed E-state index contributed by atoms with van der Waals surface area (Å²) < 4.78 is 7.74. The quantitative estimate of drug-likeness (QED) is 0.701. The number of aromatic nitrogens is 2. The van der Waals surface area contributed by atoms with E-state index in [-0.39, 0.29) is 11.6 Å². The number of fused-ring (bicyclic) bond motifs is 3. The molecular formula is C22H27N3O2. The lowest BCUT2D eigenvalue weighted by Crippen LogP contribution is -2.32. The fourth-order valence-corrected chi connectivity index (χ4v) is 4.09. The van der Waals surface area contributed by atoms with Crippen molar-refractivity contribution < 1.29 is 4.74 Å². The molecule has 1 atom stereocenters. The van der Waals surface area contributed by atoms with Crippen molar-refractivity contribution in [3.05, 3.63) is 46.0 Å². The van der Waals surface area contributed by atoms with E-state index in [9.17, 15) is 4.79 Å². The standard InChI is InChI=1S/C22H27N3O2/c1-13-9-18-17-7-8-24-14(2)21(17)22(26)25(3)19(18)11-20(13)27-12-16(23)10-15-5-4-6-15/h7-9,11,15-16H,4-6,10,12,23H2,1-3H3. The number of pyridine rings is 2. The molecule has 5 heteroatoms. The molecule has 0 aliphatic heterocycles. The number of hydrogen-bond acceptors (Lipinski definition) is 4. The first-order valence-corrected chi connectivity index (χ1v) is 9.72. The van der Waals surface area contributed by atoms with Crippen LogP contribution in [0, 0.1) is 19.8 Å². The van der Waals surface area contributed by atoms with Gasteiger partial charge in [-0.15, -0.1) is 0 Å². The van der Waals surface area contributed by atoms with Gasteiger partial charge in [0.2, 0.25) is 0 Å². The molecule has 0 radical (unpaired) electrons. The maximum Gasteiger partial charge on any atom is 0.260 e. The minimum absolute atomic E-state index is 0.0282. The van der Waals surface area contributed by atoms with Gasteiger partial charge < -0.3 is 15.0 Å². The molecule has 27 heavy (non-hydrogen) atoms. The van der Waals surface area contributed by atoms with Crippen LogP contribution in [0.3, 0.4) is 0 Å². The normalized spacial score (nSPS) is 15.9. The molecule has 142 valence electrons. The van der Waals surface area contributed by atoms with Crippen LogP contribution in [-0.4, -0.2) is 22.2 Å². The number of hydrogen-bond donors (Lipinski definition) is 1. The zero-order valence-corrected chi connectivity index (χ0v) is 16.3. The highest BCUT2D eigenvalue weighted by Gasteiger charge is 2.21. The van der Waals surface area contributed by atoms with Crippen LogP contribution in [0.4, 0.5) is 0 Å². The molecule has 0 saturated heterocycles. The third-order valence-corrected chi connectivity index (χ3v) is 5.92. The summed E-state index contributed by atoms with van der Waals surface area (Å²) in [5.74, 6) is 1.57. The molecule has 1 aromatic carbocycles. The summed E-state index contributed by atoms with van der Waals surface area (Å²) in [5, 5.41) is 2.67. The van der Waals surface area contributed by atoms with Gasteiger partial charge in [0.25, 0.3) is 5.56 Å². The number of nitrogens with two attached hydrogens (primary N) is 1. The summed E-state index contributed by atoms with van der Waals surface area (Å²) in [5.41, 5.74) is 8.90. The molecule has 2 aromatic heterocycles. The Balaban J connectivity index is 1.71. The molecule has 0 spiro atoms. The summed E-state index contributed by atoms with van der Waals surface area (Å²) in [6, 6.07) is 6.04. The van der Waals surface area contributed by atoms with Crippen LogP contribution in [0.1, 0.15) is 36.9 Å². The first-order chi connectivity index (χ1) is 13.0. The highest BCUT2D eigenvalue weighted by atomic mass is 16.5. The van der Waals surface area contributed by atoms with Gasteiger partial charge in [0.1, 0.15) is 12.4 Å². The molecule has 1 fully saturated rings. The van der Waals surface area contributed by atoms with Crippen molar-refractivity contribution in [2.24, 2.45) is 18.7 Å². The molecular weight excluding hydrogens is 338 g/mol. The van der Waals surface area contributed by atoms with Gasteiger partial charge in [-0.25, -0.2) is 0 Å². The zero-order valence-electron chi connectivity index (χ0n) is 16.3. The summed E-state index contributed by atoms with van der Waals surface area (Å²) >= 11 is 0. The van der Waals surface area contributed by atoms with Gasteiger partial charge >= 0.3 is 0 Å². The molecule has 1 aliphatic carbocycles. The van der Waals surface area contributed by atoms with Crippen LogP contribution in [0.15, 0.2) is 29.2 Å². The van der Waals surface area contributed by atoms with E-state index in [1.54, 1.807) is 17.8 Å². The van der Waals surface area contributed by atoms with Crippen LogP contribution in [0.5, 0.6) is 5.75 Å². The maximum absolute atomic E-state index is 12.8. The van der Waals surface area contributed by atoms with Gasteiger partial charge in [-0.1, -0.05) is 19.3 Å². The Bertz CT molecular complexity index is 1070. The Hall–Kier alpha value is -2.40. The minimum Gasteiger partial charge on any atom is -0.492 e. The summed E-state index contributed by atoms with van der Waals surface area (Å²) in [6.45, 7) is 4.42. The molecule has 4 rings (SSSR count). The van der Waals surface area contributed by atoms with Gasteiger partial charge in [0.05, 0.1) is 16.6 Å². The molecule has 1 unspecified atom stereocenters. The van der Waals surface area contributed by atoms with Crippen molar-refractivity contribution >= 4 is 21.7 Å². The Morgan fingerprint density at radius 1 is 1.30 bits per heavy atom. The van der Waals surface area contributed by atoms with Crippen LogP contribution in [-0.2, 0) is 7.05 Å². The van der Waals surface area contributed by atoms with Crippen molar-refractivity contribution in [1.82, 2.24) is 9.55 Å². The molecule has 5 nitrogen and oxygen atoms in total. The van der Waals surface area contributed by atoms with E-state index in [0.717, 1.165) is 45.6 Å². The number of nitrogens with zero attached hydrogens (tertiary/aromatic N) is 2. The van der Waals surface area contributed by atoms with Crippen LogP contribution in [0.25, 0.3) is 21.7 Å². The molecule has 2 N–H and O–H groups in total. The van der Waals surface area contributed by atoms with Gasteiger partial charge in [-0.3, -0.25) is 9.78 Å². The molecule has 0 bridgehead atoms. The monoisotopic (exact) mass is 365 g/mol. The smallest absolute Gasteiger partial charge is 0.260 e. The third-order valence-electron chi connectivity index (χ3n) is 5.92. The first kappa shape index (κ1) is 18.0. The lowest BCUT2D eigenvalue weighted by molar-refractivity contribution is 0.223. The molecule has 1 saturated carbocycles. The minimum atomic E-state index is -0.0282. The molecule has 3 aromatic rings. The van der Waals surface area contributed by atoms with Crippen LogP contribution in [0.2, 0.25) is 0 Å². The third kappa shape index (κ3) is 3.21. The SMILES string of the molecule is Cc1cc2c3ccnc(C)c3c(=O)n(C)c2cc1OCC(N)CC1CCC1. The average molecular weight is 365 g/mol. The van der Waals surface area contributed by atoms with E-state index >= 15 is 0 Å². The summed E-state index contributed by atoms with van der Waals surface area (Å²) in [6.07, 6.45) is 6.72. The average Bonchev–Trinajstić information content (AvgIpc) is 2.61. The van der Waals surface area contributed by atoms with E-state index in [4.69, 9.17) is 10.5 Å². The maximum atomic E-state index is 12.8. The van der Waals surface area contributed by atoms with Gasteiger partial charge in [-0.05, 0) is 49.3 Å². The van der Waals surface area contributed by atoms with Gasteiger partial charge in [0, 0.05) is 30.7 Å². The molecule has 2 heterocycles. The van der Waals surface area contributed by atoms with E-state index in [2.05, 4.69) is 11.1 Å². The van der Waals surface area contributed by atoms with Crippen molar-refractivity contribution in [2.45, 2.75) is 45.6 Å². The van der Waals surface area contributed by atoms with E-state index in [1.807, 2.05) is 26.0 Å². The predicted molar refractivity (Wildman–Crippen MR) is 109 cm³/mol. The number of aryl methyl sites for hydroxylation is 3. The summed E-state index contributed by atoms with van der Waals surface area (Å²) in [7, 11) is 1.80. The van der Waals surface area contributed by atoms with Crippen molar-refractivity contribution in [2.75, 3.05) is 6.61 Å². The Morgan fingerprint density at radius 2 is 2.07 bits per heavy atom.